The molecule has 0 bridgehead atoms. The maximum Gasteiger partial charge on any atom is 0.310 e. The highest BCUT2D eigenvalue weighted by Crippen LogP contribution is 2.23. The Bertz CT molecular complexity index is 1150. The van der Waals surface area contributed by atoms with E-state index < -0.39 is 0 Å². The molecule has 5 nitrogen and oxygen atoms in total. The summed E-state index contributed by atoms with van der Waals surface area (Å²) >= 11 is 15.5. The van der Waals surface area contributed by atoms with Crippen molar-refractivity contribution in [3.05, 3.63) is 91.5 Å². The van der Waals surface area contributed by atoms with E-state index in [9.17, 15) is 9.59 Å². The molecule has 0 atom stereocenters. The van der Waals surface area contributed by atoms with Crippen LogP contribution in [0.1, 0.15) is 40.4 Å². The number of esters is 1. The topological polar surface area (TPSA) is 65.5 Å². The molecule has 3 rings (SSSR count). The first kappa shape index (κ1) is 25.2. The highest BCUT2D eigenvalue weighted by atomic mass is 79.9. The van der Waals surface area contributed by atoms with Crippen LogP contribution in [0.5, 0.6) is 5.88 Å². The fraction of sp³-hybridized carbons (Fsp3) is 0.240. The number of halogens is 3. The minimum Gasteiger partial charge on any atom is -0.473 e. The number of carbonyl (C=O) groups excluding carboxylic acids is 2. The SMILES string of the molecule is CCOC(=O)Cc1ccc(Br)cc1CCC(=O)c1cc(Cl)ccc1COc1cccc(Cl)n1. The lowest BCUT2D eigenvalue weighted by Crippen LogP contribution is -2.11. The molecule has 0 N–H and O–H groups in total. The van der Waals surface area contributed by atoms with Crippen molar-refractivity contribution < 1.29 is 19.1 Å². The Morgan fingerprint density at radius 2 is 1.79 bits per heavy atom. The number of ether oxygens (including phenoxy) is 2. The molecule has 8 heteroatoms. The van der Waals surface area contributed by atoms with Gasteiger partial charge in [-0.05, 0) is 54.8 Å². The standard InChI is InChI=1S/C25H22BrCl2NO4/c1-2-32-25(31)13-17-6-9-19(26)12-16(17)8-11-22(30)21-14-20(27)10-7-18(21)15-33-24-5-3-4-23(28)29-24/h3-7,9-10,12,14H,2,8,11,13,15H2,1H3. The van der Waals surface area contributed by atoms with Gasteiger partial charge >= 0.3 is 5.97 Å². The Morgan fingerprint density at radius 1 is 1.00 bits per heavy atom. The quantitative estimate of drug-likeness (QED) is 0.160. The Morgan fingerprint density at radius 3 is 2.55 bits per heavy atom. The van der Waals surface area contributed by atoms with Crippen molar-refractivity contribution in [3.63, 3.8) is 0 Å². The summed E-state index contributed by atoms with van der Waals surface area (Å²) < 4.78 is 11.7. The van der Waals surface area contributed by atoms with Gasteiger partial charge in [0, 0.05) is 33.1 Å². The number of ketones is 1. The van der Waals surface area contributed by atoms with Crippen molar-refractivity contribution >= 4 is 50.9 Å². The van der Waals surface area contributed by atoms with Gasteiger partial charge in [-0.2, -0.15) is 0 Å². The maximum atomic E-state index is 13.1. The van der Waals surface area contributed by atoms with Crippen molar-refractivity contribution in [2.75, 3.05) is 6.61 Å². The third-order valence-corrected chi connectivity index (χ3v) is 5.81. The van der Waals surface area contributed by atoms with Crippen LogP contribution in [0.15, 0.2) is 59.1 Å². The summed E-state index contributed by atoms with van der Waals surface area (Å²) in [7, 11) is 0. The molecular formula is C25H22BrCl2NO4. The average molecular weight is 551 g/mol. The van der Waals surface area contributed by atoms with Crippen LogP contribution in [0.3, 0.4) is 0 Å². The van der Waals surface area contributed by atoms with E-state index in [2.05, 4.69) is 20.9 Å². The second kappa shape index (κ2) is 12.2. The summed E-state index contributed by atoms with van der Waals surface area (Å²) in [5.41, 5.74) is 2.94. The molecule has 1 aromatic heterocycles. The molecule has 0 aliphatic rings. The van der Waals surface area contributed by atoms with Gasteiger partial charge in [0.25, 0.3) is 0 Å². The fourth-order valence-electron chi connectivity index (χ4n) is 3.31. The molecule has 0 saturated carbocycles. The summed E-state index contributed by atoms with van der Waals surface area (Å²) in [6.07, 6.45) is 0.873. The number of nitrogens with zero attached hydrogens (tertiary/aromatic N) is 1. The highest BCUT2D eigenvalue weighted by Gasteiger charge is 2.16. The van der Waals surface area contributed by atoms with Crippen molar-refractivity contribution in [1.82, 2.24) is 4.98 Å². The van der Waals surface area contributed by atoms with E-state index >= 15 is 0 Å². The van der Waals surface area contributed by atoms with Gasteiger partial charge in [-0.25, -0.2) is 4.98 Å². The number of hydrogen-bond donors (Lipinski definition) is 0. The van der Waals surface area contributed by atoms with Gasteiger partial charge in [-0.15, -0.1) is 0 Å². The lowest BCUT2D eigenvalue weighted by atomic mass is 9.95. The normalized spacial score (nSPS) is 10.7. The Balaban J connectivity index is 1.73. The zero-order valence-electron chi connectivity index (χ0n) is 17.9. The van der Waals surface area contributed by atoms with Crippen LogP contribution in [0.4, 0.5) is 0 Å². The first-order chi connectivity index (χ1) is 15.9. The molecule has 0 aliphatic carbocycles. The number of aryl methyl sites for hydroxylation is 1. The number of rotatable bonds is 10. The lowest BCUT2D eigenvalue weighted by molar-refractivity contribution is -0.142. The zero-order chi connectivity index (χ0) is 23.8. The first-order valence-corrected chi connectivity index (χ1v) is 11.9. The highest BCUT2D eigenvalue weighted by molar-refractivity contribution is 9.10. The van der Waals surface area contributed by atoms with Gasteiger partial charge in [0.1, 0.15) is 11.8 Å². The molecule has 172 valence electrons. The monoisotopic (exact) mass is 549 g/mol. The Hall–Kier alpha value is -2.41. The Kier molecular flexibility index (Phi) is 9.30. The number of Topliss-reactive ketones (excluding diaryl/α,β-unsaturated/α-hetero) is 1. The molecule has 2 aromatic carbocycles. The van der Waals surface area contributed by atoms with Crippen LogP contribution in [0, 0.1) is 0 Å². The zero-order valence-corrected chi connectivity index (χ0v) is 21.0. The molecule has 0 aliphatic heterocycles. The van der Waals surface area contributed by atoms with Crippen LogP contribution in [-0.4, -0.2) is 23.3 Å². The fourth-order valence-corrected chi connectivity index (χ4v) is 4.04. The number of hydrogen-bond acceptors (Lipinski definition) is 5. The molecular weight excluding hydrogens is 529 g/mol. The third kappa shape index (κ3) is 7.56. The average Bonchev–Trinajstić information content (AvgIpc) is 2.78. The van der Waals surface area contributed by atoms with E-state index in [1.165, 1.54) is 0 Å². The molecule has 33 heavy (non-hydrogen) atoms. The van der Waals surface area contributed by atoms with Crippen LogP contribution in [0.2, 0.25) is 10.2 Å². The molecule has 0 saturated heterocycles. The predicted molar refractivity (Wildman–Crippen MR) is 132 cm³/mol. The minimum atomic E-state index is -0.295. The van der Waals surface area contributed by atoms with E-state index in [0.29, 0.717) is 40.2 Å². The van der Waals surface area contributed by atoms with Crippen LogP contribution < -0.4 is 4.74 Å². The van der Waals surface area contributed by atoms with Crippen LogP contribution in [0.25, 0.3) is 0 Å². The predicted octanol–water partition coefficient (Wildman–Crippen LogP) is 6.65. The van der Waals surface area contributed by atoms with E-state index in [4.69, 9.17) is 32.7 Å². The van der Waals surface area contributed by atoms with Gasteiger partial charge in [0.05, 0.1) is 13.0 Å². The van der Waals surface area contributed by atoms with E-state index in [1.807, 2.05) is 18.2 Å². The van der Waals surface area contributed by atoms with E-state index in [0.717, 1.165) is 15.6 Å². The number of aromatic nitrogens is 1. The summed E-state index contributed by atoms with van der Waals surface area (Å²) in [6, 6.07) is 15.9. The molecule has 0 spiro atoms. The molecule has 3 aromatic rings. The number of pyridine rings is 1. The summed E-state index contributed by atoms with van der Waals surface area (Å²) in [5, 5.41) is 0.793. The van der Waals surface area contributed by atoms with E-state index in [1.54, 1.807) is 43.3 Å². The first-order valence-electron chi connectivity index (χ1n) is 10.4. The maximum absolute atomic E-state index is 13.1. The second-order valence-corrected chi connectivity index (χ2v) is 8.95. The molecule has 0 radical (unpaired) electrons. The second-order valence-electron chi connectivity index (χ2n) is 7.21. The number of benzene rings is 2. The largest absolute Gasteiger partial charge is 0.473 e. The molecule has 1 heterocycles. The lowest BCUT2D eigenvalue weighted by Gasteiger charge is -2.13. The molecule has 0 amide bonds. The summed E-state index contributed by atoms with van der Waals surface area (Å²) in [6.45, 7) is 2.25. The third-order valence-electron chi connectivity index (χ3n) is 4.87. The van der Waals surface area contributed by atoms with Gasteiger partial charge in [-0.1, -0.05) is 57.3 Å². The van der Waals surface area contributed by atoms with Gasteiger partial charge in [0.15, 0.2) is 5.78 Å². The van der Waals surface area contributed by atoms with Crippen molar-refractivity contribution in [2.24, 2.45) is 0 Å². The van der Waals surface area contributed by atoms with Crippen molar-refractivity contribution in [3.8, 4) is 5.88 Å². The van der Waals surface area contributed by atoms with E-state index in [-0.39, 0.29) is 31.2 Å². The summed E-state index contributed by atoms with van der Waals surface area (Å²) in [4.78, 5) is 29.2. The minimum absolute atomic E-state index is 0.0720. The van der Waals surface area contributed by atoms with Crippen molar-refractivity contribution in [2.45, 2.75) is 32.8 Å². The Labute approximate surface area is 211 Å². The van der Waals surface area contributed by atoms with Gasteiger partial charge < -0.3 is 9.47 Å². The van der Waals surface area contributed by atoms with Crippen molar-refractivity contribution in [1.29, 1.82) is 0 Å². The van der Waals surface area contributed by atoms with Crippen LogP contribution >= 0.6 is 39.1 Å². The smallest absolute Gasteiger partial charge is 0.310 e. The van der Waals surface area contributed by atoms with Gasteiger partial charge in [-0.3, -0.25) is 9.59 Å². The van der Waals surface area contributed by atoms with Crippen LogP contribution in [-0.2, 0) is 29.0 Å². The summed E-state index contributed by atoms with van der Waals surface area (Å²) in [5.74, 6) is 0.00195. The number of carbonyl (C=O) groups is 2. The molecule has 0 unspecified atom stereocenters. The molecule has 0 fully saturated rings. The van der Waals surface area contributed by atoms with Gasteiger partial charge in [0.2, 0.25) is 5.88 Å².